The van der Waals surface area contributed by atoms with Gasteiger partial charge < -0.3 is 15.0 Å². The molecule has 156 valence electrons. The molecule has 0 aromatic heterocycles. The molecule has 2 aromatic carbocycles. The van der Waals surface area contributed by atoms with Crippen molar-refractivity contribution < 1.29 is 18.7 Å². The first-order valence-corrected chi connectivity index (χ1v) is 9.96. The molecule has 0 unspecified atom stereocenters. The van der Waals surface area contributed by atoms with Crippen molar-refractivity contribution in [1.29, 1.82) is 5.26 Å². The number of ether oxygens (including phenoxy) is 1. The fraction of sp³-hybridized carbons (Fsp3) is 0.348. The van der Waals surface area contributed by atoms with Crippen LogP contribution in [0.15, 0.2) is 42.5 Å². The van der Waals surface area contributed by atoms with Crippen LogP contribution in [-0.4, -0.2) is 36.0 Å². The zero-order valence-electron chi connectivity index (χ0n) is 17.0. The second-order valence-electron chi connectivity index (χ2n) is 7.36. The lowest BCUT2D eigenvalue weighted by Gasteiger charge is -2.24. The molecule has 2 aromatic rings. The van der Waals surface area contributed by atoms with Gasteiger partial charge in [-0.25, -0.2) is 9.18 Å². The molecule has 1 saturated carbocycles. The molecule has 1 aliphatic carbocycles. The Morgan fingerprint density at radius 3 is 2.70 bits per heavy atom. The smallest absolute Gasteiger partial charge is 0.410 e. The Bertz CT molecular complexity index is 986. The molecule has 6 nitrogen and oxygen atoms in total. The lowest BCUT2D eigenvalue weighted by molar-refractivity contribution is -0.121. The molecule has 3 rings (SSSR count). The highest BCUT2D eigenvalue weighted by Gasteiger charge is 2.31. The molecular weight excluding hydrogens is 385 g/mol. The van der Waals surface area contributed by atoms with Gasteiger partial charge in [0.1, 0.15) is 11.6 Å². The Balaban J connectivity index is 1.68. The van der Waals surface area contributed by atoms with Gasteiger partial charge in [-0.1, -0.05) is 25.1 Å². The van der Waals surface area contributed by atoms with Crippen molar-refractivity contribution in [2.24, 2.45) is 0 Å². The second-order valence-corrected chi connectivity index (χ2v) is 7.36. The molecule has 7 heteroatoms. The Labute approximate surface area is 175 Å². The van der Waals surface area contributed by atoms with E-state index in [0.717, 1.165) is 12.8 Å². The quantitative estimate of drug-likeness (QED) is 0.801. The van der Waals surface area contributed by atoms with E-state index >= 15 is 0 Å². The number of hydrogen-bond acceptors (Lipinski definition) is 4. The van der Waals surface area contributed by atoms with E-state index in [1.54, 1.807) is 44.3 Å². The van der Waals surface area contributed by atoms with Crippen LogP contribution in [0.4, 0.5) is 9.18 Å². The maximum Gasteiger partial charge on any atom is 0.415 e. The Kier molecular flexibility index (Phi) is 6.68. The summed E-state index contributed by atoms with van der Waals surface area (Å²) in [5.41, 5.74) is 0.973. The van der Waals surface area contributed by atoms with E-state index in [1.807, 2.05) is 6.07 Å². The van der Waals surface area contributed by atoms with Crippen LogP contribution in [0.25, 0.3) is 11.1 Å². The minimum absolute atomic E-state index is 0.00450. The van der Waals surface area contributed by atoms with Crippen LogP contribution in [-0.2, 0) is 4.79 Å². The van der Waals surface area contributed by atoms with E-state index in [2.05, 4.69) is 5.32 Å². The molecule has 2 amide bonds. The number of nitriles is 1. The van der Waals surface area contributed by atoms with Crippen LogP contribution in [0, 0.1) is 17.1 Å². The molecule has 0 radical (unpaired) electrons. The number of amides is 2. The number of hydrogen-bond donors (Lipinski definition) is 1. The summed E-state index contributed by atoms with van der Waals surface area (Å²) in [6, 6.07) is 12.8. The molecule has 0 bridgehead atoms. The monoisotopic (exact) mass is 409 g/mol. The molecule has 0 saturated heterocycles. The first-order valence-electron chi connectivity index (χ1n) is 9.96. The molecule has 1 aliphatic rings. The largest absolute Gasteiger partial charge is 0.415 e. The summed E-state index contributed by atoms with van der Waals surface area (Å²) in [6.45, 7) is 1.80. The summed E-state index contributed by atoms with van der Waals surface area (Å²) in [5, 5.41) is 12.4. The van der Waals surface area contributed by atoms with Gasteiger partial charge >= 0.3 is 6.09 Å². The van der Waals surface area contributed by atoms with Gasteiger partial charge in [-0.3, -0.25) is 4.79 Å². The number of nitrogens with zero attached hydrogens (tertiary/aromatic N) is 2. The van der Waals surface area contributed by atoms with Crippen LogP contribution in [0.2, 0.25) is 0 Å². The van der Waals surface area contributed by atoms with Gasteiger partial charge in [0, 0.05) is 36.7 Å². The lowest BCUT2D eigenvalue weighted by atomic mass is 10.00. The van der Waals surface area contributed by atoms with Gasteiger partial charge in [-0.05, 0) is 43.5 Å². The Morgan fingerprint density at radius 2 is 2.00 bits per heavy atom. The highest BCUT2D eigenvalue weighted by Crippen LogP contribution is 2.30. The fourth-order valence-corrected chi connectivity index (χ4v) is 3.69. The third-order valence-electron chi connectivity index (χ3n) is 5.41. The maximum absolute atomic E-state index is 14.1. The summed E-state index contributed by atoms with van der Waals surface area (Å²) in [7, 11) is 1.66. The highest BCUT2D eigenvalue weighted by atomic mass is 19.1. The molecule has 1 fully saturated rings. The Morgan fingerprint density at radius 1 is 1.23 bits per heavy atom. The zero-order chi connectivity index (χ0) is 21.7. The Hall–Kier alpha value is -3.40. The molecule has 30 heavy (non-hydrogen) atoms. The number of rotatable bonds is 5. The first kappa shape index (κ1) is 21.3. The van der Waals surface area contributed by atoms with Gasteiger partial charge in [0.2, 0.25) is 5.91 Å². The van der Waals surface area contributed by atoms with Crippen LogP contribution in [0.1, 0.15) is 38.2 Å². The molecule has 0 aliphatic heterocycles. The van der Waals surface area contributed by atoms with E-state index in [9.17, 15) is 19.2 Å². The number of halogens is 1. The number of carbonyl (C=O) groups is 2. The SMILES string of the molecule is CCC(=O)N[C@H]1CC[C@@H](N(C)C(=O)Oc2ccc(-c3ccccc3F)c(C#N)c2)C1. The standard InChI is InChI=1S/C23H24FN3O3/c1-3-22(28)26-16-8-9-17(13-16)27(2)23(29)30-18-10-11-19(15(12-18)14-25)20-6-4-5-7-21(20)24/h4-7,10-12,16-17H,3,8-9,13H2,1-2H3,(H,26,28)/t16-,17+/m0/s1. The van der Waals surface area contributed by atoms with Gasteiger partial charge in [0.15, 0.2) is 0 Å². The molecule has 1 N–H and O–H groups in total. The third kappa shape index (κ3) is 4.77. The topological polar surface area (TPSA) is 82.4 Å². The van der Waals surface area contributed by atoms with Crippen molar-refractivity contribution in [3.8, 4) is 22.9 Å². The zero-order valence-corrected chi connectivity index (χ0v) is 17.0. The van der Waals surface area contributed by atoms with Crippen LogP contribution < -0.4 is 10.1 Å². The van der Waals surface area contributed by atoms with Gasteiger partial charge in [0.05, 0.1) is 11.6 Å². The van der Waals surface area contributed by atoms with E-state index < -0.39 is 11.9 Å². The second kappa shape index (κ2) is 9.40. The van der Waals surface area contributed by atoms with Crippen LogP contribution in [0.5, 0.6) is 5.75 Å². The first-order chi connectivity index (χ1) is 14.4. The average molecular weight is 409 g/mol. The summed E-state index contributed by atoms with van der Waals surface area (Å²) < 4.78 is 19.5. The van der Waals surface area contributed by atoms with Crippen molar-refractivity contribution in [3.05, 3.63) is 53.8 Å². The van der Waals surface area contributed by atoms with E-state index in [4.69, 9.17) is 4.74 Å². The van der Waals surface area contributed by atoms with E-state index in [1.165, 1.54) is 17.0 Å². The van der Waals surface area contributed by atoms with Crippen molar-refractivity contribution in [2.45, 2.75) is 44.7 Å². The molecular formula is C23H24FN3O3. The minimum Gasteiger partial charge on any atom is -0.410 e. The summed E-state index contributed by atoms with van der Waals surface area (Å²) in [6.07, 6.45) is 2.15. The predicted molar refractivity (Wildman–Crippen MR) is 110 cm³/mol. The third-order valence-corrected chi connectivity index (χ3v) is 5.41. The molecule has 0 heterocycles. The summed E-state index contributed by atoms with van der Waals surface area (Å²) in [4.78, 5) is 25.7. The van der Waals surface area contributed by atoms with E-state index in [0.29, 0.717) is 24.0 Å². The minimum atomic E-state index is -0.537. The predicted octanol–water partition coefficient (Wildman–Crippen LogP) is 4.24. The maximum atomic E-state index is 14.1. The average Bonchev–Trinajstić information content (AvgIpc) is 3.21. The van der Waals surface area contributed by atoms with E-state index in [-0.39, 0.29) is 29.3 Å². The molecule has 2 atom stereocenters. The fourth-order valence-electron chi connectivity index (χ4n) is 3.69. The highest BCUT2D eigenvalue weighted by molar-refractivity contribution is 5.76. The van der Waals surface area contributed by atoms with Crippen molar-refractivity contribution in [3.63, 3.8) is 0 Å². The van der Waals surface area contributed by atoms with Gasteiger partial charge in [0.25, 0.3) is 0 Å². The lowest BCUT2D eigenvalue weighted by Crippen LogP contribution is -2.39. The number of benzene rings is 2. The normalized spacial score (nSPS) is 17.8. The summed E-state index contributed by atoms with van der Waals surface area (Å²) in [5.74, 6) is -0.202. The van der Waals surface area contributed by atoms with Crippen molar-refractivity contribution in [2.75, 3.05) is 7.05 Å². The number of carbonyl (C=O) groups excluding carboxylic acids is 2. The van der Waals surface area contributed by atoms with Crippen molar-refractivity contribution in [1.82, 2.24) is 10.2 Å². The van der Waals surface area contributed by atoms with Crippen LogP contribution >= 0.6 is 0 Å². The number of nitrogens with one attached hydrogen (secondary N) is 1. The van der Waals surface area contributed by atoms with Gasteiger partial charge in [-0.15, -0.1) is 0 Å². The molecule has 0 spiro atoms. The van der Waals surface area contributed by atoms with Crippen molar-refractivity contribution >= 4 is 12.0 Å². The summed E-state index contributed by atoms with van der Waals surface area (Å²) >= 11 is 0. The van der Waals surface area contributed by atoms with Crippen LogP contribution in [0.3, 0.4) is 0 Å². The van der Waals surface area contributed by atoms with Gasteiger partial charge in [-0.2, -0.15) is 5.26 Å².